The van der Waals surface area contributed by atoms with E-state index >= 15 is 0 Å². The van der Waals surface area contributed by atoms with Crippen molar-refractivity contribution in [3.63, 3.8) is 0 Å². The molecule has 1 atom stereocenters. The summed E-state index contributed by atoms with van der Waals surface area (Å²) in [6.45, 7) is 7.92. The average Bonchev–Trinajstić information content (AvgIpc) is 3.42. The molecule has 0 aliphatic heterocycles. The Balaban J connectivity index is 0.00000320. The van der Waals surface area contributed by atoms with E-state index in [-0.39, 0.29) is 30.0 Å². The van der Waals surface area contributed by atoms with Crippen molar-refractivity contribution in [2.45, 2.75) is 46.1 Å². The first-order valence-corrected chi connectivity index (χ1v) is 11.0. The van der Waals surface area contributed by atoms with Crippen LogP contribution in [-0.2, 0) is 26.3 Å². The summed E-state index contributed by atoms with van der Waals surface area (Å²) in [5.41, 5.74) is 3.62. The van der Waals surface area contributed by atoms with E-state index in [0.29, 0.717) is 0 Å². The van der Waals surface area contributed by atoms with Crippen LogP contribution in [0.4, 0.5) is 0 Å². The highest BCUT2D eigenvalue weighted by molar-refractivity contribution is 14.0. The number of thiophene rings is 1. The van der Waals surface area contributed by atoms with Crippen molar-refractivity contribution in [2.75, 3.05) is 13.1 Å². The molecule has 3 rings (SSSR count). The van der Waals surface area contributed by atoms with Gasteiger partial charge in [0, 0.05) is 49.6 Å². The van der Waals surface area contributed by atoms with E-state index < -0.39 is 0 Å². The topological polar surface area (TPSA) is 67.4 Å². The molecule has 0 radical (unpaired) electrons. The summed E-state index contributed by atoms with van der Waals surface area (Å²) < 4.78 is 7.38. The van der Waals surface area contributed by atoms with Gasteiger partial charge in [-0.25, -0.2) is 0 Å². The number of nitrogens with one attached hydrogen (secondary N) is 2. The number of aromatic nitrogens is 2. The summed E-state index contributed by atoms with van der Waals surface area (Å²) in [6.07, 6.45) is 4.41. The standard InChI is InChI=1S/C22H31N5OS.HI/c1-16(15-21-17(2)26-27(4)18(21)3)25-22(23-11-9-19-7-5-13-28-19)24-12-10-20-8-6-14-29-20;/h5-8,13-14,16H,9-12,15H2,1-4H3,(H2,23,24,25);1H. The van der Waals surface area contributed by atoms with Crippen LogP contribution in [0.15, 0.2) is 45.3 Å². The Bertz CT molecular complexity index is 903. The zero-order chi connectivity index (χ0) is 20.6. The quantitative estimate of drug-likeness (QED) is 0.242. The van der Waals surface area contributed by atoms with Crippen molar-refractivity contribution in [1.82, 2.24) is 20.4 Å². The summed E-state index contributed by atoms with van der Waals surface area (Å²) >= 11 is 1.78. The molecule has 0 bridgehead atoms. The Labute approximate surface area is 200 Å². The molecule has 0 fully saturated rings. The van der Waals surface area contributed by atoms with Gasteiger partial charge >= 0.3 is 0 Å². The van der Waals surface area contributed by atoms with E-state index in [0.717, 1.165) is 49.8 Å². The molecule has 30 heavy (non-hydrogen) atoms. The Kier molecular flexibility index (Phi) is 9.90. The maximum atomic E-state index is 5.43. The van der Waals surface area contributed by atoms with Crippen molar-refractivity contribution in [3.8, 4) is 0 Å². The first-order valence-electron chi connectivity index (χ1n) is 10.1. The molecule has 3 heterocycles. The number of rotatable bonds is 9. The van der Waals surface area contributed by atoms with E-state index in [1.54, 1.807) is 17.6 Å². The number of hydrogen-bond donors (Lipinski definition) is 2. The summed E-state index contributed by atoms with van der Waals surface area (Å²) in [6, 6.07) is 8.41. The van der Waals surface area contributed by atoms with E-state index in [1.165, 1.54) is 16.1 Å². The summed E-state index contributed by atoms with van der Waals surface area (Å²) in [5, 5.41) is 13.7. The van der Waals surface area contributed by atoms with Crippen LogP contribution in [0.1, 0.15) is 34.5 Å². The molecule has 0 spiro atoms. The largest absolute Gasteiger partial charge is 0.469 e. The molecule has 2 N–H and O–H groups in total. The minimum Gasteiger partial charge on any atom is -0.469 e. The fraction of sp³-hybridized carbons (Fsp3) is 0.455. The Morgan fingerprint density at radius 1 is 1.27 bits per heavy atom. The third kappa shape index (κ3) is 7.16. The maximum absolute atomic E-state index is 5.43. The molecule has 8 heteroatoms. The summed E-state index contributed by atoms with van der Waals surface area (Å²) in [7, 11) is 2.00. The third-order valence-electron chi connectivity index (χ3n) is 5.00. The number of aryl methyl sites for hydroxylation is 2. The molecule has 0 saturated carbocycles. The van der Waals surface area contributed by atoms with Crippen molar-refractivity contribution in [1.29, 1.82) is 0 Å². The Morgan fingerprint density at radius 2 is 2.10 bits per heavy atom. The van der Waals surface area contributed by atoms with Gasteiger partial charge in [0.1, 0.15) is 5.76 Å². The molecule has 3 aromatic heterocycles. The van der Waals surface area contributed by atoms with Gasteiger partial charge in [0.2, 0.25) is 0 Å². The van der Waals surface area contributed by atoms with Gasteiger partial charge in [-0.2, -0.15) is 5.10 Å². The van der Waals surface area contributed by atoms with E-state index in [2.05, 4.69) is 54.0 Å². The van der Waals surface area contributed by atoms with Crippen molar-refractivity contribution < 1.29 is 4.42 Å². The van der Waals surface area contributed by atoms with Gasteiger partial charge in [-0.3, -0.25) is 9.67 Å². The number of nitrogens with zero attached hydrogens (tertiary/aromatic N) is 3. The summed E-state index contributed by atoms with van der Waals surface area (Å²) in [4.78, 5) is 6.16. The molecule has 0 aromatic carbocycles. The minimum absolute atomic E-state index is 0. The van der Waals surface area contributed by atoms with Crippen LogP contribution >= 0.6 is 35.3 Å². The molecular weight excluding hydrogens is 509 g/mol. The minimum atomic E-state index is 0. The number of halogens is 1. The predicted octanol–water partition coefficient (Wildman–Crippen LogP) is 4.26. The van der Waals surface area contributed by atoms with Gasteiger partial charge < -0.3 is 15.1 Å². The van der Waals surface area contributed by atoms with Gasteiger partial charge in [-0.1, -0.05) is 6.07 Å². The van der Waals surface area contributed by atoms with Crippen LogP contribution < -0.4 is 10.6 Å². The molecule has 0 amide bonds. The van der Waals surface area contributed by atoms with Gasteiger partial charge in [0.25, 0.3) is 0 Å². The molecule has 3 aromatic rings. The van der Waals surface area contributed by atoms with Crippen LogP contribution in [-0.4, -0.2) is 34.9 Å². The molecular formula is C22H32IN5OS. The van der Waals surface area contributed by atoms with Gasteiger partial charge in [0.05, 0.1) is 12.0 Å². The number of furan rings is 1. The second-order valence-corrected chi connectivity index (χ2v) is 8.37. The van der Waals surface area contributed by atoms with Crippen LogP contribution in [0.25, 0.3) is 0 Å². The lowest BCUT2D eigenvalue weighted by Crippen LogP contribution is -2.44. The van der Waals surface area contributed by atoms with Crippen LogP contribution in [0.5, 0.6) is 0 Å². The van der Waals surface area contributed by atoms with Crippen molar-refractivity contribution in [2.24, 2.45) is 12.0 Å². The highest BCUT2D eigenvalue weighted by Gasteiger charge is 2.14. The zero-order valence-electron chi connectivity index (χ0n) is 18.1. The molecule has 0 aliphatic rings. The monoisotopic (exact) mass is 541 g/mol. The second-order valence-electron chi connectivity index (χ2n) is 7.34. The van der Waals surface area contributed by atoms with Crippen molar-refractivity contribution >= 4 is 41.3 Å². The molecule has 0 aliphatic carbocycles. The van der Waals surface area contributed by atoms with Gasteiger partial charge in [0.15, 0.2) is 5.96 Å². The van der Waals surface area contributed by atoms with Crippen molar-refractivity contribution in [3.05, 3.63) is 63.5 Å². The summed E-state index contributed by atoms with van der Waals surface area (Å²) in [5.74, 6) is 1.82. The second kappa shape index (κ2) is 12.1. The highest BCUT2D eigenvalue weighted by Crippen LogP contribution is 2.14. The fourth-order valence-electron chi connectivity index (χ4n) is 3.35. The van der Waals surface area contributed by atoms with E-state index in [9.17, 15) is 0 Å². The average molecular weight is 542 g/mol. The Hall–Kier alpha value is -1.81. The molecule has 164 valence electrons. The smallest absolute Gasteiger partial charge is 0.191 e. The first kappa shape index (κ1) is 24.5. The van der Waals surface area contributed by atoms with E-state index in [4.69, 9.17) is 9.41 Å². The fourth-order valence-corrected chi connectivity index (χ4v) is 4.05. The normalized spacial score (nSPS) is 12.5. The lowest BCUT2D eigenvalue weighted by Gasteiger charge is -2.18. The Morgan fingerprint density at radius 3 is 2.73 bits per heavy atom. The lowest BCUT2D eigenvalue weighted by atomic mass is 10.1. The highest BCUT2D eigenvalue weighted by atomic mass is 127. The first-order chi connectivity index (χ1) is 14.0. The maximum Gasteiger partial charge on any atom is 0.191 e. The zero-order valence-corrected chi connectivity index (χ0v) is 21.3. The molecule has 1 unspecified atom stereocenters. The SMILES string of the molecule is Cc1nn(C)c(C)c1CC(C)NC(=NCCc1cccs1)NCCc1ccco1.I. The number of guanidine groups is 1. The third-order valence-corrected chi connectivity index (χ3v) is 5.94. The molecule has 6 nitrogen and oxygen atoms in total. The number of hydrogen-bond acceptors (Lipinski definition) is 4. The van der Waals surface area contributed by atoms with Crippen LogP contribution in [0.3, 0.4) is 0 Å². The van der Waals surface area contributed by atoms with Gasteiger partial charge in [-0.05, 0) is 56.3 Å². The van der Waals surface area contributed by atoms with E-state index in [1.807, 2.05) is 23.9 Å². The van der Waals surface area contributed by atoms with Gasteiger partial charge in [-0.15, -0.1) is 35.3 Å². The predicted molar refractivity (Wildman–Crippen MR) is 135 cm³/mol. The molecule has 0 saturated heterocycles. The van der Waals surface area contributed by atoms with Crippen LogP contribution in [0, 0.1) is 13.8 Å². The van der Waals surface area contributed by atoms with Crippen LogP contribution in [0.2, 0.25) is 0 Å². The number of aliphatic imine (C=N–C) groups is 1. The lowest BCUT2D eigenvalue weighted by molar-refractivity contribution is 0.506.